The number of aromatic nitrogens is 4. The summed E-state index contributed by atoms with van der Waals surface area (Å²) in [6.07, 6.45) is -0.0555. The van der Waals surface area contributed by atoms with Gasteiger partial charge in [0.2, 0.25) is 0 Å². The fourth-order valence-corrected chi connectivity index (χ4v) is 2.46. The number of halogens is 1. The maximum atomic E-state index is 12.3. The zero-order chi connectivity index (χ0) is 13.6. The molecule has 0 aliphatic carbocycles. The van der Waals surface area contributed by atoms with E-state index in [0.717, 1.165) is 0 Å². The van der Waals surface area contributed by atoms with Crippen molar-refractivity contribution < 1.29 is 9.90 Å². The number of anilines is 1. The predicted octanol–water partition coefficient (Wildman–Crippen LogP) is 0.260. The lowest BCUT2D eigenvalue weighted by atomic mass is 9.91. The molecule has 2 aromatic rings. The summed E-state index contributed by atoms with van der Waals surface area (Å²) in [6, 6.07) is 4.95. The highest BCUT2D eigenvalue weighted by Gasteiger charge is 2.49. The highest BCUT2D eigenvalue weighted by molar-refractivity contribution is 6.31. The number of carbonyl (C=O) groups is 1. The van der Waals surface area contributed by atoms with Gasteiger partial charge in [-0.1, -0.05) is 16.8 Å². The highest BCUT2D eigenvalue weighted by atomic mass is 35.5. The number of benzene rings is 1. The van der Waals surface area contributed by atoms with E-state index in [1.165, 1.54) is 4.90 Å². The average Bonchev–Trinajstić information content (AvgIpc) is 2.94. The summed E-state index contributed by atoms with van der Waals surface area (Å²) in [5.41, 5.74) is -0.628. The van der Waals surface area contributed by atoms with E-state index >= 15 is 0 Å². The van der Waals surface area contributed by atoms with Crippen LogP contribution in [0.2, 0.25) is 5.02 Å². The fourth-order valence-electron chi connectivity index (χ4n) is 2.29. The van der Waals surface area contributed by atoms with E-state index in [2.05, 4.69) is 20.6 Å². The number of nitrogens with zero attached hydrogens (tertiary/aromatic N) is 4. The Balaban J connectivity index is 2.11. The smallest absolute Gasteiger partial charge is 0.263 e. The normalized spacial score (nSPS) is 21.8. The molecule has 98 valence electrons. The molecule has 1 aliphatic heterocycles. The number of hydrogen-bond donors (Lipinski definition) is 2. The Hall–Kier alpha value is -1.99. The third kappa shape index (κ3) is 1.70. The van der Waals surface area contributed by atoms with Crippen molar-refractivity contribution in [2.45, 2.75) is 12.0 Å². The molecule has 1 aromatic carbocycles. The number of rotatable bonds is 2. The number of aromatic amines is 1. The maximum absolute atomic E-state index is 12.3. The molecule has 0 fully saturated rings. The number of aliphatic hydroxyl groups is 1. The van der Waals surface area contributed by atoms with Gasteiger partial charge in [-0.2, -0.15) is 5.21 Å². The second-order valence-electron chi connectivity index (χ2n) is 4.39. The van der Waals surface area contributed by atoms with Gasteiger partial charge in [0.25, 0.3) is 5.91 Å². The van der Waals surface area contributed by atoms with Crippen LogP contribution in [0.4, 0.5) is 5.69 Å². The van der Waals surface area contributed by atoms with Crippen LogP contribution in [0.25, 0.3) is 0 Å². The van der Waals surface area contributed by atoms with E-state index in [0.29, 0.717) is 16.3 Å². The highest BCUT2D eigenvalue weighted by Crippen LogP contribution is 2.42. The van der Waals surface area contributed by atoms with Gasteiger partial charge in [0.05, 0.1) is 12.1 Å². The molecule has 2 heterocycles. The lowest BCUT2D eigenvalue weighted by Crippen LogP contribution is -2.40. The molecule has 1 unspecified atom stereocenters. The van der Waals surface area contributed by atoms with Crippen molar-refractivity contribution in [2.75, 3.05) is 11.9 Å². The largest absolute Gasteiger partial charge is 0.375 e. The molecular weight excluding hydrogens is 270 g/mol. The second kappa shape index (κ2) is 4.01. The number of H-pyrrole nitrogens is 1. The fraction of sp³-hybridized carbons (Fsp3) is 0.273. The van der Waals surface area contributed by atoms with Gasteiger partial charge >= 0.3 is 0 Å². The molecule has 1 aromatic heterocycles. The first-order valence-corrected chi connectivity index (χ1v) is 5.93. The first kappa shape index (κ1) is 12.1. The predicted molar refractivity (Wildman–Crippen MR) is 66.6 cm³/mol. The van der Waals surface area contributed by atoms with Gasteiger partial charge in [0, 0.05) is 17.6 Å². The number of hydrogen-bond acceptors (Lipinski definition) is 5. The second-order valence-corrected chi connectivity index (χ2v) is 4.83. The van der Waals surface area contributed by atoms with Crippen molar-refractivity contribution in [3.05, 3.63) is 34.6 Å². The van der Waals surface area contributed by atoms with Crippen molar-refractivity contribution in [2.24, 2.45) is 0 Å². The number of amides is 1. The Morgan fingerprint density at radius 2 is 2.32 bits per heavy atom. The summed E-state index contributed by atoms with van der Waals surface area (Å²) in [4.78, 5) is 13.7. The van der Waals surface area contributed by atoms with E-state index < -0.39 is 11.5 Å². The van der Waals surface area contributed by atoms with E-state index in [1.807, 2.05) is 0 Å². The van der Waals surface area contributed by atoms with Gasteiger partial charge in [-0.3, -0.25) is 4.79 Å². The molecule has 1 atom stereocenters. The molecule has 0 radical (unpaired) electrons. The van der Waals surface area contributed by atoms with Gasteiger partial charge in [-0.15, -0.1) is 10.2 Å². The number of nitrogens with one attached hydrogen (secondary N) is 1. The molecule has 19 heavy (non-hydrogen) atoms. The lowest BCUT2D eigenvalue weighted by molar-refractivity contribution is -0.135. The molecule has 7 nitrogen and oxygen atoms in total. The molecule has 0 saturated heterocycles. The van der Waals surface area contributed by atoms with Crippen molar-refractivity contribution in [3.63, 3.8) is 0 Å². The zero-order valence-electron chi connectivity index (χ0n) is 9.96. The van der Waals surface area contributed by atoms with Crippen LogP contribution in [0.1, 0.15) is 11.4 Å². The van der Waals surface area contributed by atoms with E-state index in [9.17, 15) is 9.90 Å². The Kier molecular flexibility index (Phi) is 2.54. The molecule has 1 amide bonds. The lowest BCUT2D eigenvalue weighted by Gasteiger charge is -2.19. The first-order chi connectivity index (χ1) is 9.02. The van der Waals surface area contributed by atoms with Crippen molar-refractivity contribution in [1.82, 2.24) is 20.6 Å². The van der Waals surface area contributed by atoms with Gasteiger partial charge in [0.1, 0.15) is 0 Å². The zero-order valence-corrected chi connectivity index (χ0v) is 10.7. The molecule has 0 spiro atoms. The van der Waals surface area contributed by atoms with Gasteiger partial charge in [-0.05, 0) is 18.2 Å². The molecule has 1 aliphatic rings. The third-order valence-corrected chi connectivity index (χ3v) is 3.46. The van der Waals surface area contributed by atoms with Crippen LogP contribution in [-0.2, 0) is 16.8 Å². The Bertz CT molecular complexity index is 645. The van der Waals surface area contributed by atoms with Crippen LogP contribution >= 0.6 is 11.6 Å². The van der Waals surface area contributed by atoms with Crippen molar-refractivity contribution in [3.8, 4) is 0 Å². The van der Waals surface area contributed by atoms with Crippen LogP contribution in [0, 0.1) is 0 Å². The van der Waals surface area contributed by atoms with Crippen molar-refractivity contribution >= 4 is 23.2 Å². The van der Waals surface area contributed by atoms with Crippen LogP contribution in [0.15, 0.2) is 18.2 Å². The minimum atomic E-state index is -1.71. The molecule has 8 heteroatoms. The third-order valence-electron chi connectivity index (χ3n) is 3.23. The number of fused-ring (bicyclic) bond motifs is 1. The number of likely N-dealkylation sites (N-methyl/N-ethyl adjacent to an activating group) is 1. The Morgan fingerprint density at radius 3 is 3.00 bits per heavy atom. The van der Waals surface area contributed by atoms with E-state index in [1.54, 1.807) is 25.2 Å². The molecule has 3 rings (SSSR count). The number of carbonyl (C=O) groups excluding carboxylic acids is 1. The number of tetrazole rings is 1. The summed E-state index contributed by atoms with van der Waals surface area (Å²) in [7, 11) is 1.60. The topological polar surface area (TPSA) is 95.0 Å². The van der Waals surface area contributed by atoms with Crippen LogP contribution in [0.5, 0.6) is 0 Å². The SMILES string of the molecule is CN1C(=O)C(O)(Cc2nn[nH]n2)c2cc(Cl)ccc21. The molecule has 0 bridgehead atoms. The van der Waals surface area contributed by atoms with Gasteiger partial charge < -0.3 is 10.0 Å². The first-order valence-electron chi connectivity index (χ1n) is 5.55. The molecular formula is C11H10ClN5O2. The summed E-state index contributed by atoms with van der Waals surface area (Å²) in [5, 5.41) is 24.4. The summed E-state index contributed by atoms with van der Waals surface area (Å²) >= 11 is 5.94. The van der Waals surface area contributed by atoms with E-state index in [4.69, 9.17) is 11.6 Å². The standard InChI is InChI=1S/C11H10ClN5O2/c1-17-8-3-2-6(12)4-7(8)11(19,10(17)18)5-9-13-15-16-14-9/h2-4,19H,5H2,1H3,(H,13,14,15,16). The quantitative estimate of drug-likeness (QED) is 0.822. The van der Waals surface area contributed by atoms with E-state index in [-0.39, 0.29) is 12.2 Å². The summed E-state index contributed by atoms with van der Waals surface area (Å²) in [5.74, 6) is -0.174. The van der Waals surface area contributed by atoms with Crippen LogP contribution < -0.4 is 4.90 Å². The molecule has 0 saturated carbocycles. The summed E-state index contributed by atoms with van der Waals surface area (Å²) in [6.45, 7) is 0. The monoisotopic (exact) mass is 279 g/mol. The molecule has 2 N–H and O–H groups in total. The average molecular weight is 280 g/mol. The minimum Gasteiger partial charge on any atom is -0.375 e. The van der Waals surface area contributed by atoms with Gasteiger partial charge in [-0.25, -0.2) is 0 Å². The minimum absolute atomic E-state index is 0.0555. The Labute approximate surface area is 113 Å². The maximum Gasteiger partial charge on any atom is 0.263 e. The summed E-state index contributed by atoms with van der Waals surface area (Å²) < 4.78 is 0. The van der Waals surface area contributed by atoms with Gasteiger partial charge in [0.15, 0.2) is 11.4 Å². The Morgan fingerprint density at radius 1 is 1.53 bits per heavy atom. The van der Waals surface area contributed by atoms with Crippen molar-refractivity contribution in [1.29, 1.82) is 0 Å². The van der Waals surface area contributed by atoms with Crippen LogP contribution in [0.3, 0.4) is 0 Å². The van der Waals surface area contributed by atoms with Crippen LogP contribution in [-0.4, -0.2) is 38.7 Å².